The number of amides is 4. The second kappa shape index (κ2) is 68.1. The van der Waals surface area contributed by atoms with Crippen molar-refractivity contribution in [2.75, 3.05) is 85.8 Å². The Morgan fingerprint density at radius 3 is 1.27 bits per heavy atom. The van der Waals surface area contributed by atoms with Crippen molar-refractivity contribution in [3.05, 3.63) is 73.0 Å². The monoisotopic (exact) mass is 1640 g/mol. The van der Waals surface area contributed by atoms with Crippen molar-refractivity contribution in [1.29, 1.82) is 10.5 Å². The van der Waals surface area contributed by atoms with Gasteiger partial charge in [0.05, 0.1) is 59.1 Å². The average molecular weight is 1640 g/mol. The van der Waals surface area contributed by atoms with Gasteiger partial charge in [-0.3, -0.25) is 48.0 Å². The Morgan fingerprint density at radius 1 is 0.474 bits per heavy atom. The van der Waals surface area contributed by atoms with Gasteiger partial charge in [0.25, 0.3) is 6.04 Å². The third kappa shape index (κ3) is 58.6. The van der Waals surface area contributed by atoms with Crippen LogP contribution in [0.3, 0.4) is 0 Å². The van der Waals surface area contributed by atoms with Crippen LogP contribution in [0.2, 0.25) is 0 Å². The van der Waals surface area contributed by atoms with Gasteiger partial charge >= 0.3 is 66.5 Å². The molecule has 0 heterocycles. The molecule has 0 radical (unpaired) electrons. The summed E-state index contributed by atoms with van der Waals surface area (Å²) < 4.78 is 48.5. The summed E-state index contributed by atoms with van der Waals surface area (Å²) in [4.78, 5) is 151. The Hall–Kier alpha value is -10.2. The molecule has 31 nitrogen and oxygen atoms in total. The van der Waals surface area contributed by atoms with Crippen molar-refractivity contribution in [2.24, 2.45) is 63.1 Å². The number of hydrogen-bond donors (Lipinski definition) is 4. The van der Waals surface area contributed by atoms with E-state index in [1.807, 2.05) is 117 Å². The molecule has 9 atom stereocenters. The molecule has 0 spiro atoms. The zero-order valence-corrected chi connectivity index (χ0v) is 73.6. The number of carbonyl (C=O) groups excluding carboxylic acids is 13. The molecular weight excluding hydrogens is 1500 g/mol. The molecule has 4 amide bonds. The molecule has 0 aromatic heterocycles. The summed E-state index contributed by atoms with van der Waals surface area (Å²) in [6.45, 7) is 69.1. The lowest BCUT2D eigenvalue weighted by molar-refractivity contribution is -0.158. The maximum atomic E-state index is 11.7. The fourth-order valence-electron chi connectivity index (χ4n) is 7.79. The van der Waals surface area contributed by atoms with Gasteiger partial charge in [-0.05, 0) is 131 Å². The van der Waals surface area contributed by atoms with Gasteiger partial charge in [-0.25, -0.2) is 32.3 Å². The summed E-state index contributed by atoms with van der Waals surface area (Å²) in [5.74, 6) is -2.19. The highest BCUT2D eigenvalue weighted by atomic mass is 16.6. The average Bonchev–Trinajstić information content (AvgIpc) is 1.64. The van der Waals surface area contributed by atoms with Crippen LogP contribution in [0.5, 0.6) is 0 Å². The lowest BCUT2D eigenvalue weighted by Gasteiger charge is -2.25. The fourth-order valence-corrected chi connectivity index (χ4v) is 7.79. The number of nitrogens with one attached hydrogen (secondary N) is 4. The number of hydrogen-bond acceptors (Lipinski definition) is 25. The number of alkyl carbamates (subject to hydrolysis) is 1. The van der Waals surface area contributed by atoms with E-state index >= 15 is 0 Å². The third-order valence-electron chi connectivity index (χ3n) is 18.5. The summed E-state index contributed by atoms with van der Waals surface area (Å²) in [5, 5.41) is 27.6. The number of esters is 9. The molecule has 658 valence electrons. The van der Waals surface area contributed by atoms with Crippen LogP contribution in [0, 0.1) is 98.9 Å². The molecule has 0 aliphatic heterocycles. The van der Waals surface area contributed by atoms with Crippen molar-refractivity contribution < 1.29 is 110 Å². The molecular formula is C85H140N8O23. The van der Waals surface area contributed by atoms with E-state index in [1.165, 1.54) is 0 Å². The highest BCUT2D eigenvalue weighted by molar-refractivity contribution is 5.92. The minimum Gasteiger partial charge on any atom is -0.462 e. The van der Waals surface area contributed by atoms with Gasteiger partial charge in [-0.1, -0.05) is 123 Å². The van der Waals surface area contributed by atoms with E-state index in [1.54, 1.807) is 41.5 Å². The Balaban J connectivity index is -0.000000300. The number of rotatable bonds is 41. The van der Waals surface area contributed by atoms with Crippen molar-refractivity contribution in [3.8, 4) is 12.1 Å². The SMILES string of the molecule is C=C(C)C(=O)NCCNC(=O)C(C)(C)CC.C=CC(=O)OCCNC(=O)OCCOC(=O)C(C)CC.C=CC(=O)OCCOC(=O)C(C)(C)CC.C=CC(=O)OCCOC(=O)C(C)CC.CCC(C)C(=O)NCCC#N.CCC(C)C(=O)OC1CC2CC1CC2C#N.[C-]#[N+]C(C)COC(=O)C(C)(C)CC.[C-]#[N+]COC(=O)C(C)(C)CC. The third-order valence-corrected chi connectivity index (χ3v) is 18.5. The largest absolute Gasteiger partial charge is 0.462 e. The molecule has 4 N–H and O–H groups in total. The Bertz CT molecular complexity index is 3190. The predicted molar refractivity (Wildman–Crippen MR) is 438 cm³/mol. The number of nitrogens with zero attached hydrogens (tertiary/aromatic N) is 4. The first-order chi connectivity index (χ1) is 54.2. The molecule has 0 aromatic carbocycles. The summed E-state index contributed by atoms with van der Waals surface area (Å²) in [6, 6.07) is 4.09. The standard InChI is InChI=1S/C13H21NO6.C13H19NO2.C12H22N2O2.C11H18O4.C10H17NO2.C10H16O4.C8H14N2O.C8H13NO2/c1-4-10(3)12(16)19-8-9-20-13(17)14-6-7-18-11(15)5-2;1-3-8(2)13(15)16-12-6-9-4-10(12)5-11(9)7-14;1-6-12(4,5)11(16)14-8-7-13-10(15)9(2)3;1-5-9(12)14-7-8-15-10(13)11(3,4)6-2;1-6-10(3,4)9(12)13-7-8(2)11-5;1-4-8(3)10(12)14-7-6-13-9(11)5-2;1-3-7(2)8(11)10-6-4-5-9;1-5-8(2,3)7(10)11-6-9-4/h5,10H,2,4,6-9H2,1,3H3,(H,14,17);8-12H,3-6H2,1-2H3;2,6-8H2,1,3-5H3,(H,13,15)(H,14,16);5H,1,6-8H2,2-4H3;8H,6-7H2,1-4H3;5,8H,2,4,6-7H2,1,3H3;7H,3-4,6H2,1-2H3,(H,10,11);5-6H2,1-3H3. The van der Waals surface area contributed by atoms with Crippen LogP contribution in [0.1, 0.15) is 229 Å². The van der Waals surface area contributed by atoms with Crippen molar-refractivity contribution in [3.63, 3.8) is 0 Å². The fraction of sp³-hybridized carbons (Fsp3) is 0.706. The second-order valence-electron chi connectivity index (χ2n) is 29.6. The first-order valence-electron chi connectivity index (χ1n) is 39.5. The molecule has 2 rings (SSSR count). The van der Waals surface area contributed by atoms with Crippen molar-refractivity contribution >= 4 is 77.5 Å². The van der Waals surface area contributed by atoms with Gasteiger partial charge in [-0.2, -0.15) is 10.5 Å². The van der Waals surface area contributed by atoms with Crippen LogP contribution in [-0.2, 0) is 105 Å². The lowest BCUT2D eigenvalue weighted by atomic mass is 9.88. The summed E-state index contributed by atoms with van der Waals surface area (Å²) in [7, 11) is 0. The normalized spacial score (nSPS) is 15.0. The molecule has 2 aliphatic rings. The van der Waals surface area contributed by atoms with Gasteiger partial charge in [-0.15, -0.1) is 0 Å². The van der Waals surface area contributed by atoms with Crippen molar-refractivity contribution in [2.45, 2.75) is 242 Å². The zero-order valence-electron chi connectivity index (χ0n) is 73.6. The van der Waals surface area contributed by atoms with Crippen molar-refractivity contribution in [1.82, 2.24) is 21.3 Å². The minimum atomic E-state index is -0.667. The molecule has 116 heavy (non-hydrogen) atoms. The molecule has 9 unspecified atom stereocenters. The molecule has 0 saturated heterocycles. The second-order valence-corrected chi connectivity index (χ2v) is 29.6. The van der Waals surface area contributed by atoms with Gasteiger partial charge in [0.2, 0.25) is 17.7 Å². The van der Waals surface area contributed by atoms with Crippen LogP contribution < -0.4 is 21.3 Å². The molecule has 2 bridgehead atoms. The van der Waals surface area contributed by atoms with Crippen LogP contribution in [0.4, 0.5) is 4.79 Å². The summed E-state index contributed by atoms with van der Waals surface area (Å²) in [6.07, 6.45) is 12.0. The topological polar surface area (TPSA) is 419 Å². The zero-order chi connectivity index (χ0) is 90.8. The Morgan fingerprint density at radius 2 is 0.879 bits per heavy atom. The van der Waals surface area contributed by atoms with E-state index in [2.05, 4.69) is 82.3 Å². The number of nitriles is 2. The number of ether oxygens (including phenoxy) is 10. The molecule has 2 aliphatic carbocycles. The summed E-state index contributed by atoms with van der Waals surface area (Å²) >= 11 is 0. The van der Waals surface area contributed by atoms with E-state index in [9.17, 15) is 62.3 Å². The van der Waals surface area contributed by atoms with Crippen LogP contribution in [-0.4, -0.2) is 175 Å². The first-order valence-corrected chi connectivity index (χ1v) is 39.5. The molecule has 0 aromatic rings. The molecule has 2 saturated carbocycles. The van der Waals surface area contributed by atoms with Gasteiger partial charge in [0, 0.05) is 67.6 Å². The predicted octanol–water partition coefficient (Wildman–Crippen LogP) is 13.0. The van der Waals surface area contributed by atoms with Gasteiger partial charge in [0.1, 0.15) is 52.4 Å². The van der Waals surface area contributed by atoms with E-state index < -0.39 is 40.2 Å². The van der Waals surface area contributed by atoms with Crippen LogP contribution >= 0.6 is 0 Å². The maximum absolute atomic E-state index is 11.7. The quantitative estimate of drug-likeness (QED) is 0.0145. The first kappa shape index (κ1) is 117. The summed E-state index contributed by atoms with van der Waals surface area (Å²) in [5.41, 5.74) is -1.24. The molecule has 31 heteroatoms. The van der Waals surface area contributed by atoms with E-state index in [4.69, 9.17) is 52.1 Å². The highest BCUT2D eigenvalue weighted by Gasteiger charge is 2.48. The minimum absolute atomic E-state index is 0.00545. The molecule has 2 fully saturated rings. The van der Waals surface area contributed by atoms with Crippen LogP contribution in [0.15, 0.2) is 50.1 Å². The van der Waals surface area contributed by atoms with Crippen LogP contribution in [0.25, 0.3) is 9.69 Å². The smallest absolute Gasteiger partial charge is 0.407 e. The van der Waals surface area contributed by atoms with E-state index in [0.717, 1.165) is 76.0 Å². The number of carbonyl (C=O) groups is 13. The Labute approximate surface area is 691 Å². The number of fused-ring (bicyclic) bond motifs is 2. The van der Waals surface area contributed by atoms with E-state index in [-0.39, 0.29) is 167 Å². The van der Waals surface area contributed by atoms with E-state index in [0.29, 0.717) is 56.3 Å². The van der Waals surface area contributed by atoms with Gasteiger partial charge < -0.3 is 73.5 Å². The maximum Gasteiger partial charge on any atom is 0.407 e. The highest BCUT2D eigenvalue weighted by Crippen LogP contribution is 2.49. The lowest BCUT2D eigenvalue weighted by Crippen LogP contribution is -2.40. The van der Waals surface area contributed by atoms with Gasteiger partial charge in [0.15, 0.2) is 6.61 Å². The Kier molecular flexibility index (Phi) is 68.5.